The highest BCUT2D eigenvalue weighted by molar-refractivity contribution is 6.32. The maximum atomic E-state index is 12.5. The summed E-state index contributed by atoms with van der Waals surface area (Å²) in [5.74, 6) is 1.19. The standard InChI is InChI=1S/C23H23ClN4O3/c1-14(29)13-31-20-11-16-10-17(8-9-19(16)28(2)23(20)30)26-22-18(24)12-25-21(27-22)15-6-4-3-5-7-15/h6,8-12H,3-5,7,13H2,1-2H3,(H,25,26,27). The molecule has 1 aliphatic rings. The lowest BCUT2D eigenvalue weighted by molar-refractivity contribution is -0.118. The third-order valence-electron chi connectivity index (χ3n) is 5.21. The molecule has 0 atom stereocenters. The number of allylic oxidation sites excluding steroid dienone is 2. The zero-order chi connectivity index (χ0) is 22.0. The second kappa shape index (κ2) is 8.89. The molecule has 7 nitrogen and oxygen atoms in total. The largest absolute Gasteiger partial charge is 0.480 e. The smallest absolute Gasteiger partial charge is 0.293 e. The Balaban J connectivity index is 1.67. The van der Waals surface area contributed by atoms with E-state index in [1.165, 1.54) is 17.9 Å². The van der Waals surface area contributed by atoms with Crippen molar-refractivity contribution in [1.29, 1.82) is 0 Å². The molecule has 0 radical (unpaired) electrons. The molecule has 0 spiro atoms. The van der Waals surface area contributed by atoms with Gasteiger partial charge in [-0.3, -0.25) is 9.59 Å². The SMILES string of the molecule is CC(=O)COc1cc2cc(Nc3nc(C4=CCCCC4)ncc3Cl)ccc2n(C)c1=O. The van der Waals surface area contributed by atoms with Gasteiger partial charge in [0, 0.05) is 18.1 Å². The van der Waals surface area contributed by atoms with Crippen LogP contribution in [0.2, 0.25) is 5.02 Å². The summed E-state index contributed by atoms with van der Waals surface area (Å²) in [6.45, 7) is 1.27. The van der Waals surface area contributed by atoms with E-state index in [0.717, 1.165) is 41.4 Å². The first-order chi connectivity index (χ1) is 14.9. The monoisotopic (exact) mass is 438 g/mol. The number of hydrogen-bond donors (Lipinski definition) is 1. The number of hydrogen-bond acceptors (Lipinski definition) is 6. The predicted molar refractivity (Wildman–Crippen MR) is 122 cm³/mol. The van der Waals surface area contributed by atoms with Crippen molar-refractivity contribution in [2.24, 2.45) is 7.05 Å². The molecule has 2 aromatic heterocycles. The Morgan fingerprint density at radius 1 is 1.29 bits per heavy atom. The Labute approximate surface area is 184 Å². The van der Waals surface area contributed by atoms with Crippen molar-refractivity contribution in [2.45, 2.75) is 32.6 Å². The third-order valence-corrected chi connectivity index (χ3v) is 5.48. The quantitative estimate of drug-likeness (QED) is 0.602. The molecule has 0 unspecified atom stereocenters. The maximum absolute atomic E-state index is 12.5. The fourth-order valence-corrected chi connectivity index (χ4v) is 3.74. The topological polar surface area (TPSA) is 86.1 Å². The van der Waals surface area contributed by atoms with Crippen molar-refractivity contribution in [3.8, 4) is 5.75 Å². The molecule has 0 bridgehead atoms. The first kappa shape index (κ1) is 21.1. The van der Waals surface area contributed by atoms with Crippen molar-refractivity contribution >= 4 is 45.4 Å². The summed E-state index contributed by atoms with van der Waals surface area (Å²) in [6, 6.07) is 7.22. The van der Waals surface area contributed by atoms with E-state index in [-0.39, 0.29) is 23.7 Å². The molecular formula is C23H23ClN4O3. The number of benzene rings is 1. The van der Waals surface area contributed by atoms with Crippen LogP contribution in [0.5, 0.6) is 5.75 Å². The number of Topliss-reactive ketones (excluding diaryl/α,β-unsaturated/α-hetero) is 1. The van der Waals surface area contributed by atoms with Crippen molar-refractivity contribution in [2.75, 3.05) is 11.9 Å². The molecule has 3 aromatic rings. The van der Waals surface area contributed by atoms with Crippen molar-refractivity contribution in [3.05, 3.63) is 57.7 Å². The number of ketones is 1. The highest BCUT2D eigenvalue weighted by atomic mass is 35.5. The summed E-state index contributed by atoms with van der Waals surface area (Å²) in [4.78, 5) is 32.7. The highest BCUT2D eigenvalue weighted by Gasteiger charge is 2.13. The lowest BCUT2D eigenvalue weighted by atomic mass is 9.99. The lowest BCUT2D eigenvalue weighted by Gasteiger charge is -2.14. The summed E-state index contributed by atoms with van der Waals surface area (Å²) < 4.78 is 6.90. The van der Waals surface area contributed by atoms with Gasteiger partial charge < -0.3 is 14.6 Å². The van der Waals surface area contributed by atoms with E-state index in [9.17, 15) is 9.59 Å². The second-order valence-electron chi connectivity index (χ2n) is 7.63. The van der Waals surface area contributed by atoms with Crippen LogP contribution < -0.4 is 15.6 Å². The van der Waals surface area contributed by atoms with Gasteiger partial charge >= 0.3 is 0 Å². The summed E-state index contributed by atoms with van der Waals surface area (Å²) in [5.41, 5.74) is 2.35. The van der Waals surface area contributed by atoms with Crippen LogP contribution in [0.15, 0.2) is 41.3 Å². The molecule has 31 heavy (non-hydrogen) atoms. The number of carbonyl (C=O) groups is 1. The van der Waals surface area contributed by atoms with Gasteiger partial charge in [0.25, 0.3) is 5.56 Å². The van der Waals surface area contributed by atoms with Gasteiger partial charge in [0.1, 0.15) is 11.6 Å². The fraction of sp³-hybridized carbons (Fsp3) is 0.304. The Hall–Kier alpha value is -3.19. The number of pyridine rings is 1. The van der Waals surface area contributed by atoms with Crippen LogP contribution in [0.3, 0.4) is 0 Å². The number of halogens is 1. The van der Waals surface area contributed by atoms with Crippen LogP contribution in [0.4, 0.5) is 11.5 Å². The summed E-state index contributed by atoms with van der Waals surface area (Å²) in [5, 5.41) is 4.46. The van der Waals surface area contributed by atoms with E-state index >= 15 is 0 Å². The fourth-order valence-electron chi connectivity index (χ4n) is 3.60. The van der Waals surface area contributed by atoms with Crippen LogP contribution in [0.1, 0.15) is 38.4 Å². The predicted octanol–water partition coefficient (Wildman–Crippen LogP) is 4.65. The van der Waals surface area contributed by atoms with Crippen LogP contribution in [0, 0.1) is 0 Å². The zero-order valence-corrected chi connectivity index (χ0v) is 18.2. The number of nitrogens with zero attached hydrogens (tertiary/aromatic N) is 3. The molecule has 2 heterocycles. The molecule has 160 valence electrons. The molecule has 0 saturated carbocycles. The first-order valence-corrected chi connectivity index (χ1v) is 10.5. The van der Waals surface area contributed by atoms with Gasteiger partial charge in [0.05, 0.1) is 11.7 Å². The molecule has 0 saturated heterocycles. The van der Waals surface area contributed by atoms with E-state index in [1.807, 2.05) is 18.2 Å². The molecule has 4 rings (SSSR count). The van der Waals surface area contributed by atoms with Crippen LogP contribution in [-0.4, -0.2) is 26.9 Å². The number of aryl methyl sites for hydroxylation is 1. The van der Waals surface area contributed by atoms with E-state index in [4.69, 9.17) is 16.3 Å². The van der Waals surface area contributed by atoms with Gasteiger partial charge in [-0.05, 0) is 62.4 Å². The molecule has 0 aliphatic heterocycles. The normalized spacial score (nSPS) is 13.7. The number of carbonyl (C=O) groups excluding carboxylic acids is 1. The van der Waals surface area contributed by atoms with E-state index in [0.29, 0.717) is 16.7 Å². The number of rotatable bonds is 6. The molecule has 1 N–H and O–H groups in total. The third kappa shape index (κ3) is 4.61. The van der Waals surface area contributed by atoms with Crippen LogP contribution in [0.25, 0.3) is 16.5 Å². The number of anilines is 2. The van der Waals surface area contributed by atoms with E-state index in [2.05, 4.69) is 21.4 Å². The molecular weight excluding hydrogens is 416 g/mol. The molecule has 1 aliphatic carbocycles. The van der Waals surface area contributed by atoms with Gasteiger partial charge in [-0.25, -0.2) is 9.97 Å². The van der Waals surface area contributed by atoms with Crippen molar-refractivity contribution in [3.63, 3.8) is 0 Å². The number of ether oxygens (including phenoxy) is 1. The van der Waals surface area contributed by atoms with E-state index < -0.39 is 0 Å². The second-order valence-corrected chi connectivity index (χ2v) is 8.03. The minimum atomic E-state index is -0.293. The number of aromatic nitrogens is 3. The molecule has 0 fully saturated rings. The average Bonchev–Trinajstić information content (AvgIpc) is 2.77. The first-order valence-electron chi connectivity index (χ1n) is 10.2. The Morgan fingerprint density at radius 3 is 2.87 bits per heavy atom. The van der Waals surface area contributed by atoms with Gasteiger partial charge in [-0.1, -0.05) is 17.7 Å². The number of fused-ring (bicyclic) bond motifs is 1. The Kier molecular flexibility index (Phi) is 6.04. The maximum Gasteiger partial charge on any atom is 0.293 e. The molecule has 1 aromatic carbocycles. The lowest BCUT2D eigenvalue weighted by Crippen LogP contribution is -2.21. The Bertz CT molecular complexity index is 1250. The minimum absolute atomic E-state index is 0.133. The average molecular weight is 439 g/mol. The van der Waals surface area contributed by atoms with Crippen molar-refractivity contribution < 1.29 is 9.53 Å². The highest BCUT2D eigenvalue weighted by Crippen LogP contribution is 2.29. The van der Waals surface area contributed by atoms with Crippen LogP contribution >= 0.6 is 11.6 Å². The summed E-state index contributed by atoms with van der Waals surface area (Å²) >= 11 is 6.34. The van der Waals surface area contributed by atoms with Crippen LogP contribution in [-0.2, 0) is 11.8 Å². The molecule has 0 amide bonds. The van der Waals surface area contributed by atoms with E-state index in [1.54, 1.807) is 19.3 Å². The van der Waals surface area contributed by atoms with Gasteiger partial charge in [-0.2, -0.15) is 0 Å². The summed E-state index contributed by atoms with van der Waals surface area (Å²) in [6.07, 6.45) is 8.14. The minimum Gasteiger partial charge on any atom is -0.480 e. The van der Waals surface area contributed by atoms with Gasteiger partial charge in [0.2, 0.25) is 0 Å². The number of nitrogens with one attached hydrogen (secondary N) is 1. The molecule has 8 heteroatoms. The summed E-state index contributed by atoms with van der Waals surface area (Å²) in [7, 11) is 1.67. The van der Waals surface area contributed by atoms with Gasteiger partial charge in [0.15, 0.2) is 23.2 Å². The Morgan fingerprint density at radius 2 is 2.13 bits per heavy atom. The van der Waals surface area contributed by atoms with Gasteiger partial charge in [-0.15, -0.1) is 0 Å². The van der Waals surface area contributed by atoms with Crippen molar-refractivity contribution in [1.82, 2.24) is 14.5 Å². The zero-order valence-electron chi connectivity index (χ0n) is 17.4.